The molecule has 16 heavy (non-hydrogen) atoms. The average molecular weight is 351 g/mol. The molecule has 0 fully saturated rings. The summed E-state index contributed by atoms with van der Waals surface area (Å²) >= 11 is 6.48. The van der Waals surface area contributed by atoms with Crippen molar-refractivity contribution in [1.29, 1.82) is 0 Å². The van der Waals surface area contributed by atoms with Gasteiger partial charge in [0.15, 0.2) is 0 Å². The van der Waals surface area contributed by atoms with Gasteiger partial charge in [0, 0.05) is 16.6 Å². The van der Waals surface area contributed by atoms with Crippen LogP contribution in [-0.4, -0.2) is 16.5 Å². The van der Waals surface area contributed by atoms with Crippen molar-refractivity contribution < 1.29 is 4.92 Å². The minimum absolute atomic E-state index is 0.00454. The Morgan fingerprint density at radius 1 is 1.75 bits per heavy atom. The summed E-state index contributed by atoms with van der Waals surface area (Å²) in [7, 11) is 0. The van der Waals surface area contributed by atoms with Crippen LogP contribution in [0, 0.1) is 17.0 Å². The molecule has 86 valence electrons. The number of halogens is 2. The summed E-state index contributed by atoms with van der Waals surface area (Å²) < 4.78 is 1.37. The van der Waals surface area contributed by atoms with Crippen LogP contribution in [0.25, 0.3) is 0 Å². The summed E-state index contributed by atoms with van der Waals surface area (Å²) in [6.45, 7) is 5.84. The fourth-order valence-electron chi connectivity index (χ4n) is 1.06. The van der Waals surface area contributed by atoms with Crippen molar-refractivity contribution in [2.45, 2.75) is 6.92 Å². The number of nitrogens with zero attached hydrogens (tertiary/aromatic N) is 2. The van der Waals surface area contributed by atoms with Gasteiger partial charge in [-0.25, -0.2) is 4.98 Å². The molecule has 1 rings (SSSR count). The fourth-order valence-corrected chi connectivity index (χ4v) is 1.64. The minimum atomic E-state index is -0.458. The van der Waals surface area contributed by atoms with Crippen LogP contribution in [0.3, 0.4) is 0 Å². The number of hydrogen-bond acceptors (Lipinski definition) is 4. The first-order valence-electron chi connectivity index (χ1n) is 4.30. The number of pyridine rings is 1. The lowest BCUT2D eigenvalue weighted by Crippen LogP contribution is -2.05. The van der Waals surface area contributed by atoms with Crippen LogP contribution >= 0.6 is 31.9 Å². The largest absolute Gasteiger partial charge is 0.365 e. The summed E-state index contributed by atoms with van der Waals surface area (Å²) in [6, 6.07) is 0. The van der Waals surface area contributed by atoms with Gasteiger partial charge in [0.1, 0.15) is 12.0 Å². The Balaban J connectivity index is 3.02. The van der Waals surface area contributed by atoms with Crippen LogP contribution in [0.15, 0.2) is 21.7 Å². The van der Waals surface area contributed by atoms with E-state index in [2.05, 4.69) is 48.7 Å². The second-order valence-electron chi connectivity index (χ2n) is 3.06. The van der Waals surface area contributed by atoms with E-state index in [4.69, 9.17) is 0 Å². The Labute approximate surface area is 109 Å². The van der Waals surface area contributed by atoms with Crippen molar-refractivity contribution in [3.05, 3.63) is 37.4 Å². The Kier molecular flexibility index (Phi) is 4.43. The normalized spacial score (nSPS) is 9.94. The molecule has 1 heterocycles. The molecule has 0 aliphatic carbocycles. The Morgan fingerprint density at radius 3 is 2.88 bits per heavy atom. The van der Waals surface area contributed by atoms with Crippen molar-refractivity contribution >= 4 is 43.4 Å². The SMILES string of the molecule is C=C(Br)CNc1ncc([N+](=O)[O-])c(C)c1Br. The third-order valence-electron chi connectivity index (χ3n) is 1.88. The molecule has 1 N–H and O–H groups in total. The van der Waals surface area contributed by atoms with E-state index in [0.717, 1.165) is 4.48 Å². The second-order valence-corrected chi connectivity index (χ2v) is 4.97. The lowest BCUT2D eigenvalue weighted by Gasteiger charge is -2.08. The molecule has 0 saturated heterocycles. The summed E-state index contributed by atoms with van der Waals surface area (Å²) in [5, 5.41) is 13.6. The predicted molar refractivity (Wildman–Crippen MR) is 69.9 cm³/mol. The Morgan fingerprint density at radius 2 is 2.38 bits per heavy atom. The first kappa shape index (κ1) is 13.1. The molecular formula is C9H9Br2N3O2. The second kappa shape index (κ2) is 5.40. The smallest absolute Gasteiger partial charge is 0.291 e. The summed E-state index contributed by atoms with van der Waals surface area (Å²) in [5.41, 5.74) is 0.540. The molecule has 0 aliphatic rings. The van der Waals surface area contributed by atoms with Crippen molar-refractivity contribution in [2.24, 2.45) is 0 Å². The highest BCUT2D eigenvalue weighted by Crippen LogP contribution is 2.30. The standard InChI is InChI=1S/C9H9Br2N3O2/c1-5(10)3-12-9-8(11)6(2)7(4-13-9)14(15)16/h4H,1,3H2,2H3,(H,12,13). The van der Waals surface area contributed by atoms with E-state index in [0.29, 0.717) is 22.4 Å². The third kappa shape index (κ3) is 3.02. The van der Waals surface area contributed by atoms with Gasteiger partial charge in [-0.15, -0.1) is 0 Å². The molecule has 7 heteroatoms. The molecule has 1 aromatic heterocycles. The van der Waals surface area contributed by atoms with Crippen LogP contribution in [0.2, 0.25) is 0 Å². The van der Waals surface area contributed by atoms with Crippen LogP contribution in [0.1, 0.15) is 5.56 Å². The van der Waals surface area contributed by atoms with Gasteiger partial charge in [-0.05, 0) is 22.9 Å². The van der Waals surface area contributed by atoms with E-state index in [1.165, 1.54) is 6.20 Å². The van der Waals surface area contributed by atoms with Gasteiger partial charge in [-0.3, -0.25) is 10.1 Å². The summed E-state index contributed by atoms with van der Waals surface area (Å²) in [4.78, 5) is 14.2. The molecule has 5 nitrogen and oxygen atoms in total. The number of anilines is 1. The summed E-state index contributed by atoms with van der Waals surface area (Å²) in [5.74, 6) is 0.559. The maximum absolute atomic E-state index is 10.7. The molecule has 0 radical (unpaired) electrons. The van der Waals surface area contributed by atoms with Gasteiger partial charge in [-0.1, -0.05) is 22.5 Å². The molecular weight excluding hydrogens is 342 g/mol. The molecule has 0 amide bonds. The van der Waals surface area contributed by atoms with E-state index in [1.54, 1.807) is 6.92 Å². The van der Waals surface area contributed by atoms with Crippen molar-refractivity contribution in [2.75, 3.05) is 11.9 Å². The van der Waals surface area contributed by atoms with Crippen molar-refractivity contribution in [3.63, 3.8) is 0 Å². The van der Waals surface area contributed by atoms with Crippen LogP contribution in [0.4, 0.5) is 11.5 Å². The van der Waals surface area contributed by atoms with Gasteiger partial charge in [0.05, 0.1) is 9.40 Å². The van der Waals surface area contributed by atoms with E-state index in [1.807, 2.05) is 0 Å². The third-order valence-corrected chi connectivity index (χ3v) is 3.13. The zero-order chi connectivity index (χ0) is 12.3. The highest BCUT2D eigenvalue weighted by Gasteiger charge is 2.16. The molecule has 0 spiro atoms. The fraction of sp³-hybridized carbons (Fsp3) is 0.222. The quantitative estimate of drug-likeness (QED) is 0.667. The topological polar surface area (TPSA) is 68.1 Å². The summed E-state index contributed by atoms with van der Waals surface area (Å²) in [6.07, 6.45) is 1.24. The van der Waals surface area contributed by atoms with Crippen LogP contribution in [-0.2, 0) is 0 Å². The molecule has 0 aliphatic heterocycles. The molecule has 0 bridgehead atoms. The van der Waals surface area contributed by atoms with Crippen molar-refractivity contribution in [1.82, 2.24) is 4.98 Å². The van der Waals surface area contributed by atoms with E-state index in [9.17, 15) is 10.1 Å². The van der Waals surface area contributed by atoms with Gasteiger partial charge in [0.2, 0.25) is 0 Å². The highest BCUT2D eigenvalue weighted by molar-refractivity contribution is 9.11. The van der Waals surface area contributed by atoms with Crippen LogP contribution < -0.4 is 5.32 Å². The number of nitro groups is 1. The zero-order valence-corrected chi connectivity index (χ0v) is 11.6. The molecule has 1 aromatic rings. The molecule has 0 unspecified atom stereocenters. The van der Waals surface area contributed by atoms with Gasteiger partial charge >= 0.3 is 0 Å². The molecule has 0 aromatic carbocycles. The van der Waals surface area contributed by atoms with Crippen molar-refractivity contribution in [3.8, 4) is 0 Å². The van der Waals surface area contributed by atoms with Gasteiger partial charge < -0.3 is 5.32 Å². The molecule has 0 atom stereocenters. The number of hydrogen-bond donors (Lipinski definition) is 1. The molecule has 0 saturated carbocycles. The zero-order valence-electron chi connectivity index (χ0n) is 8.46. The predicted octanol–water partition coefficient (Wildman–Crippen LogP) is 3.38. The van der Waals surface area contributed by atoms with Gasteiger partial charge in [0.25, 0.3) is 5.69 Å². The lowest BCUT2D eigenvalue weighted by molar-refractivity contribution is -0.385. The highest BCUT2D eigenvalue weighted by atomic mass is 79.9. The maximum Gasteiger partial charge on any atom is 0.291 e. The van der Waals surface area contributed by atoms with E-state index < -0.39 is 4.92 Å². The number of nitrogens with one attached hydrogen (secondary N) is 1. The first-order valence-corrected chi connectivity index (χ1v) is 5.88. The maximum atomic E-state index is 10.7. The monoisotopic (exact) mass is 349 g/mol. The lowest BCUT2D eigenvalue weighted by atomic mass is 10.2. The number of rotatable bonds is 4. The Hall–Kier alpha value is -0.950. The number of aromatic nitrogens is 1. The van der Waals surface area contributed by atoms with Crippen LogP contribution in [0.5, 0.6) is 0 Å². The van der Waals surface area contributed by atoms with E-state index >= 15 is 0 Å². The Bertz CT molecular complexity index is 449. The minimum Gasteiger partial charge on any atom is -0.365 e. The first-order chi connectivity index (χ1) is 7.43. The average Bonchev–Trinajstić information content (AvgIpc) is 2.19. The van der Waals surface area contributed by atoms with Gasteiger partial charge in [-0.2, -0.15) is 0 Å². The van der Waals surface area contributed by atoms with E-state index in [-0.39, 0.29) is 5.69 Å².